The maximum absolute atomic E-state index is 12.4. The summed E-state index contributed by atoms with van der Waals surface area (Å²) in [4.78, 5) is 12.4. The fourth-order valence-electron chi connectivity index (χ4n) is 3.46. The summed E-state index contributed by atoms with van der Waals surface area (Å²) in [7, 11) is 0. The van der Waals surface area contributed by atoms with E-state index in [9.17, 15) is 4.79 Å². The molecular weight excluding hydrogens is 280 g/mol. The molecule has 4 rings (SSSR count). The molecule has 1 nitrogen and oxygen atoms in total. The molecule has 0 aromatic heterocycles. The lowest BCUT2D eigenvalue weighted by atomic mass is 9.79. The predicted molar refractivity (Wildman–Crippen MR) is 93.7 cm³/mol. The van der Waals surface area contributed by atoms with E-state index >= 15 is 0 Å². The number of benzene rings is 3. The van der Waals surface area contributed by atoms with Crippen LogP contribution in [0, 0.1) is 0 Å². The van der Waals surface area contributed by atoms with Crippen LogP contribution in [-0.2, 0) is 6.42 Å². The summed E-state index contributed by atoms with van der Waals surface area (Å²) in [6, 6.07) is 27.1. The highest BCUT2D eigenvalue weighted by atomic mass is 16.1. The molecule has 1 aliphatic carbocycles. The van der Waals surface area contributed by atoms with Crippen LogP contribution < -0.4 is 0 Å². The van der Waals surface area contributed by atoms with Crippen molar-refractivity contribution in [3.8, 4) is 11.1 Å². The van der Waals surface area contributed by atoms with Gasteiger partial charge in [-0.2, -0.15) is 0 Å². The van der Waals surface area contributed by atoms with Crippen molar-refractivity contribution in [2.75, 3.05) is 0 Å². The number of rotatable bonds is 2. The van der Waals surface area contributed by atoms with Crippen molar-refractivity contribution < 1.29 is 4.79 Å². The molecule has 1 aliphatic rings. The van der Waals surface area contributed by atoms with Gasteiger partial charge in [0.25, 0.3) is 0 Å². The molecule has 0 spiro atoms. The van der Waals surface area contributed by atoms with Crippen LogP contribution in [0.4, 0.5) is 0 Å². The first kappa shape index (κ1) is 14.0. The van der Waals surface area contributed by atoms with Crippen LogP contribution in [0.1, 0.15) is 33.8 Å². The quantitative estimate of drug-likeness (QED) is 0.630. The Morgan fingerprint density at radius 2 is 1.30 bits per heavy atom. The Morgan fingerprint density at radius 1 is 0.652 bits per heavy atom. The molecule has 112 valence electrons. The van der Waals surface area contributed by atoms with E-state index < -0.39 is 0 Å². The van der Waals surface area contributed by atoms with Crippen LogP contribution in [0.2, 0.25) is 0 Å². The van der Waals surface area contributed by atoms with Gasteiger partial charge < -0.3 is 0 Å². The lowest BCUT2D eigenvalue weighted by Gasteiger charge is -2.24. The van der Waals surface area contributed by atoms with Gasteiger partial charge in [0.05, 0.1) is 0 Å². The Labute approximate surface area is 136 Å². The van der Waals surface area contributed by atoms with Gasteiger partial charge in [-0.1, -0.05) is 78.9 Å². The average Bonchev–Trinajstić information content (AvgIpc) is 2.63. The highest BCUT2D eigenvalue weighted by Gasteiger charge is 2.25. The molecule has 0 amide bonds. The number of carbonyl (C=O) groups is 1. The van der Waals surface area contributed by atoms with Crippen molar-refractivity contribution in [1.82, 2.24) is 0 Å². The molecule has 0 fully saturated rings. The van der Waals surface area contributed by atoms with E-state index in [0.717, 1.165) is 12.0 Å². The zero-order chi connectivity index (χ0) is 15.6. The lowest BCUT2D eigenvalue weighted by Crippen LogP contribution is -2.18. The number of Topliss-reactive ketones (excluding diaryl/α,β-unsaturated/α-hetero) is 1. The number of hydrogen-bond acceptors (Lipinski definition) is 1. The summed E-state index contributed by atoms with van der Waals surface area (Å²) in [5.41, 5.74) is 5.79. The number of ketones is 1. The molecule has 1 unspecified atom stereocenters. The number of hydrogen-bond donors (Lipinski definition) is 0. The zero-order valence-electron chi connectivity index (χ0n) is 12.9. The standard InChI is InChI=1S/C22H18O/c23-22-15-20(14-19-8-4-5-9-21(19)22)18-12-10-17(11-13-18)16-6-2-1-3-7-16/h1-13,20H,14-15H2. The Morgan fingerprint density at radius 3 is 2.09 bits per heavy atom. The third-order valence-corrected chi connectivity index (χ3v) is 4.71. The van der Waals surface area contributed by atoms with E-state index in [1.807, 2.05) is 24.3 Å². The first-order valence-corrected chi connectivity index (χ1v) is 8.08. The molecule has 0 saturated heterocycles. The minimum Gasteiger partial charge on any atom is -0.294 e. The summed E-state index contributed by atoms with van der Waals surface area (Å²) >= 11 is 0. The second-order valence-electron chi connectivity index (χ2n) is 6.17. The van der Waals surface area contributed by atoms with E-state index in [-0.39, 0.29) is 5.78 Å². The van der Waals surface area contributed by atoms with Gasteiger partial charge >= 0.3 is 0 Å². The Balaban J connectivity index is 1.61. The van der Waals surface area contributed by atoms with Gasteiger partial charge in [0.1, 0.15) is 0 Å². The van der Waals surface area contributed by atoms with Gasteiger partial charge in [0.2, 0.25) is 0 Å². The Kier molecular flexibility index (Phi) is 3.55. The minimum absolute atomic E-state index is 0.268. The summed E-state index contributed by atoms with van der Waals surface area (Å²) in [6.07, 6.45) is 1.56. The SMILES string of the molecule is O=C1CC(c2ccc(-c3ccccc3)cc2)Cc2ccccc21. The van der Waals surface area contributed by atoms with E-state index in [1.54, 1.807) is 0 Å². The molecule has 23 heavy (non-hydrogen) atoms. The van der Waals surface area contributed by atoms with Crippen molar-refractivity contribution in [3.63, 3.8) is 0 Å². The van der Waals surface area contributed by atoms with Crippen LogP contribution in [0.25, 0.3) is 11.1 Å². The molecule has 3 aromatic carbocycles. The van der Waals surface area contributed by atoms with Crippen molar-refractivity contribution in [2.45, 2.75) is 18.8 Å². The summed E-state index contributed by atoms with van der Waals surface area (Å²) in [6.45, 7) is 0. The van der Waals surface area contributed by atoms with Gasteiger partial charge in [-0.25, -0.2) is 0 Å². The molecule has 1 atom stereocenters. The highest BCUT2D eigenvalue weighted by molar-refractivity contribution is 5.99. The third kappa shape index (κ3) is 2.70. The third-order valence-electron chi connectivity index (χ3n) is 4.71. The normalized spacial score (nSPS) is 16.9. The Bertz CT molecular complexity index is 831. The van der Waals surface area contributed by atoms with Crippen LogP contribution in [-0.4, -0.2) is 5.78 Å². The summed E-state index contributed by atoms with van der Waals surface area (Å²) in [5, 5.41) is 0. The predicted octanol–water partition coefficient (Wildman–Crippen LogP) is 5.27. The Hall–Kier alpha value is -2.67. The van der Waals surface area contributed by atoms with Crippen LogP contribution in [0.15, 0.2) is 78.9 Å². The molecule has 0 N–H and O–H groups in total. The van der Waals surface area contributed by atoms with Crippen LogP contribution in [0.5, 0.6) is 0 Å². The molecule has 0 saturated carbocycles. The van der Waals surface area contributed by atoms with Gasteiger partial charge in [0.15, 0.2) is 5.78 Å². The van der Waals surface area contributed by atoms with Gasteiger partial charge in [-0.05, 0) is 34.6 Å². The molecular formula is C22H18O. The minimum atomic E-state index is 0.268. The molecule has 0 radical (unpaired) electrons. The van der Waals surface area contributed by atoms with Gasteiger partial charge in [-0.3, -0.25) is 4.79 Å². The van der Waals surface area contributed by atoms with Crippen molar-refractivity contribution >= 4 is 5.78 Å². The van der Waals surface area contributed by atoms with E-state index in [4.69, 9.17) is 0 Å². The topological polar surface area (TPSA) is 17.1 Å². The molecule has 1 heteroatoms. The van der Waals surface area contributed by atoms with E-state index in [1.165, 1.54) is 22.3 Å². The van der Waals surface area contributed by atoms with Crippen LogP contribution in [0.3, 0.4) is 0 Å². The van der Waals surface area contributed by atoms with E-state index in [2.05, 4.69) is 54.6 Å². The number of fused-ring (bicyclic) bond motifs is 1. The van der Waals surface area contributed by atoms with Gasteiger partial charge in [-0.15, -0.1) is 0 Å². The van der Waals surface area contributed by atoms with Crippen molar-refractivity contribution in [1.29, 1.82) is 0 Å². The summed E-state index contributed by atoms with van der Waals surface area (Å²) < 4.78 is 0. The van der Waals surface area contributed by atoms with E-state index in [0.29, 0.717) is 12.3 Å². The van der Waals surface area contributed by atoms with Crippen LogP contribution >= 0.6 is 0 Å². The highest BCUT2D eigenvalue weighted by Crippen LogP contribution is 2.33. The zero-order valence-corrected chi connectivity index (χ0v) is 12.9. The monoisotopic (exact) mass is 298 g/mol. The second kappa shape index (κ2) is 5.85. The molecule has 0 bridgehead atoms. The maximum Gasteiger partial charge on any atom is 0.163 e. The first-order chi connectivity index (χ1) is 11.3. The smallest absolute Gasteiger partial charge is 0.163 e. The van der Waals surface area contributed by atoms with Crippen molar-refractivity contribution in [2.24, 2.45) is 0 Å². The average molecular weight is 298 g/mol. The van der Waals surface area contributed by atoms with Crippen molar-refractivity contribution in [3.05, 3.63) is 95.6 Å². The fraction of sp³-hybridized carbons (Fsp3) is 0.136. The fourth-order valence-corrected chi connectivity index (χ4v) is 3.46. The number of carbonyl (C=O) groups excluding carboxylic acids is 1. The first-order valence-electron chi connectivity index (χ1n) is 8.08. The summed E-state index contributed by atoms with van der Waals surface area (Å²) in [5.74, 6) is 0.561. The molecule has 0 aliphatic heterocycles. The lowest BCUT2D eigenvalue weighted by molar-refractivity contribution is 0.0964. The molecule has 3 aromatic rings. The largest absolute Gasteiger partial charge is 0.294 e. The second-order valence-corrected chi connectivity index (χ2v) is 6.17. The molecule has 0 heterocycles. The van der Waals surface area contributed by atoms with Gasteiger partial charge in [0, 0.05) is 12.0 Å². The maximum atomic E-state index is 12.4.